The molecule has 96 valence electrons. The summed E-state index contributed by atoms with van der Waals surface area (Å²) in [6.07, 6.45) is 0. The number of carbonyl (C=O) groups is 2. The number of imide groups is 1. The van der Waals surface area contributed by atoms with Gasteiger partial charge in [-0.2, -0.15) is 0 Å². The van der Waals surface area contributed by atoms with Crippen molar-refractivity contribution in [2.75, 3.05) is 13.1 Å². The number of hydrogen-bond donors (Lipinski definition) is 0. The Hall–Kier alpha value is -1.84. The third-order valence-electron chi connectivity index (χ3n) is 2.89. The molecule has 1 aromatic rings. The van der Waals surface area contributed by atoms with Gasteiger partial charge >= 0.3 is 6.03 Å². The van der Waals surface area contributed by atoms with E-state index < -0.39 is 0 Å². The SMILES string of the molecule is CC(C)CN1C(=O)CN(Cc2ccccc2)C1=O. The highest BCUT2D eigenvalue weighted by Gasteiger charge is 2.35. The Morgan fingerprint density at radius 3 is 2.44 bits per heavy atom. The highest BCUT2D eigenvalue weighted by molar-refractivity contribution is 6.01. The van der Waals surface area contributed by atoms with Crippen molar-refractivity contribution in [3.8, 4) is 0 Å². The van der Waals surface area contributed by atoms with E-state index in [2.05, 4.69) is 0 Å². The molecule has 4 nitrogen and oxygen atoms in total. The van der Waals surface area contributed by atoms with Crippen molar-refractivity contribution in [3.05, 3.63) is 35.9 Å². The van der Waals surface area contributed by atoms with Crippen molar-refractivity contribution < 1.29 is 9.59 Å². The lowest BCUT2D eigenvalue weighted by atomic mass is 10.2. The van der Waals surface area contributed by atoms with Gasteiger partial charge in [-0.05, 0) is 11.5 Å². The summed E-state index contributed by atoms with van der Waals surface area (Å²) in [5, 5.41) is 0. The number of urea groups is 1. The summed E-state index contributed by atoms with van der Waals surface area (Å²) in [5.74, 6) is 0.208. The zero-order chi connectivity index (χ0) is 13.1. The van der Waals surface area contributed by atoms with Crippen LogP contribution in [0.4, 0.5) is 4.79 Å². The monoisotopic (exact) mass is 246 g/mol. The minimum atomic E-state index is -0.169. The number of benzene rings is 1. The Bertz CT molecular complexity index is 442. The predicted octanol–water partition coefficient (Wildman–Crippen LogP) is 2.11. The summed E-state index contributed by atoms with van der Waals surface area (Å²) in [6.45, 7) is 5.20. The van der Waals surface area contributed by atoms with Gasteiger partial charge < -0.3 is 4.90 Å². The minimum Gasteiger partial charge on any atom is -0.311 e. The van der Waals surface area contributed by atoms with E-state index in [1.807, 2.05) is 44.2 Å². The van der Waals surface area contributed by atoms with Gasteiger partial charge in [0.1, 0.15) is 6.54 Å². The summed E-state index contributed by atoms with van der Waals surface area (Å²) in [4.78, 5) is 26.8. The number of amides is 3. The number of carbonyl (C=O) groups excluding carboxylic acids is 2. The van der Waals surface area contributed by atoms with E-state index in [1.165, 1.54) is 4.90 Å². The van der Waals surface area contributed by atoms with Crippen LogP contribution in [0.25, 0.3) is 0 Å². The topological polar surface area (TPSA) is 40.6 Å². The summed E-state index contributed by atoms with van der Waals surface area (Å²) in [5.41, 5.74) is 1.05. The molecule has 0 spiro atoms. The first-order valence-electron chi connectivity index (χ1n) is 6.21. The smallest absolute Gasteiger partial charge is 0.311 e. The quantitative estimate of drug-likeness (QED) is 0.763. The second kappa shape index (κ2) is 5.21. The van der Waals surface area contributed by atoms with Gasteiger partial charge in [-0.15, -0.1) is 0 Å². The molecule has 0 unspecified atom stereocenters. The van der Waals surface area contributed by atoms with Crippen LogP contribution < -0.4 is 0 Å². The van der Waals surface area contributed by atoms with Crippen LogP contribution in [0.5, 0.6) is 0 Å². The van der Waals surface area contributed by atoms with E-state index in [0.717, 1.165) is 5.56 Å². The fourth-order valence-corrected chi connectivity index (χ4v) is 2.07. The molecule has 0 N–H and O–H groups in total. The maximum atomic E-state index is 12.1. The predicted molar refractivity (Wildman–Crippen MR) is 68.8 cm³/mol. The Morgan fingerprint density at radius 2 is 1.83 bits per heavy atom. The van der Waals surface area contributed by atoms with E-state index in [9.17, 15) is 9.59 Å². The van der Waals surface area contributed by atoms with E-state index >= 15 is 0 Å². The average molecular weight is 246 g/mol. The molecule has 18 heavy (non-hydrogen) atoms. The van der Waals surface area contributed by atoms with Crippen LogP contribution in [0, 0.1) is 5.92 Å². The zero-order valence-corrected chi connectivity index (χ0v) is 10.8. The van der Waals surface area contributed by atoms with Crippen LogP contribution in [0.3, 0.4) is 0 Å². The molecular formula is C14H18N2O2. The van der Waals surface area contributed by atoms with Gasteiger partial charge in [-0.25, -0.2) is 4.79 Å². The first-order valence-corrected chi connectivity index (χ1v) is 6.21. The van der Waals surface area contributed by atoms with Gasteiger partial charge in [0, 0.05) is 13.1 Å². The lowest BCUT2D eigenvalue weighted by molar-refractivity contribution is -0.125. The molecule has 0 aromatic heterocycles. The number of rotatable bonds is 4. The van der Waals surface area contributed by atoms with Crippen LogP contribution in [0.1, 0.15) is 19.4 Å². The third-order valence-corrected chi connectivity index (χ3v) is 2.89. The van der Waals surface area contributed by atoms with Crippen LogP contribution >= 0.6 is 0 Å². The molecule has 0 atom stereocenters. The molecule has 2 rings (SSSR count). The lowest BCUT2D eigenvalue weighted by Gasteiger charge is -2.18. The summed E-state index contributed by atoms with van der Waals surface area (Å²) >= 11 is 0. The molecule has 3 amide bonds. The molecule has 1 aliphatic rings. The van der Waals surface area contributed by atoms with Crippen molar-refractivity contribution in [1.29, 1.82) is 0 Å². The highest BCUT2D eigenvalue weighted by atomic mass is 16.2. The molecule has 1 heterocycles. The normalized spacial score (nSPS) is 15.9. The molecule has 1 fully saturated rings. The van der Waals surface area contributed by atoms with Crippen LogP contribution in [0.15, 0.2) is 30.3 Å². The molecule has 1 aliphatic heterocycles. The van der Waals surface area contributed by atoms with Crippen LogP contribution in [0.2, 0.25) is 0 Å². The second-order valence-electron chi connectivity index (χ2n) is 5.02. The molecular weight excluding hydrogens is 228 g/mol. The lowest BCUT2D eigenvalue weighted by Crippen LogP contribution is -2.35. The first-order chi connectivity index (χ1) is 8.58. The van der Waals surface area contributed by atoms with Crippen molar-refractivity contribution in [2.24, 2.45) is 5.92 Å². The zero-order valence-electron chi connectivity index (χ0n) is 10.8. The highest BCUT2D eigenvalue weighted by Crippen LogP contribution is 2.15. The summed E-state index contributed by atoms with van der Waals surface area (Å²) in [7, 11) is 0. The standard InChI is InChI=1S/C14H18N2O2/c1-11(2)8-16-13(17)10-15(14(16)18)9-12-6-4-3-5-7-12/h3-7,11H,8-10H2,1-2H3. The number of hydrogen-bond acceptors (Lipinski definition) is 2. The van der Waals surface area contributed by atoms with Gasteiger partial charge in [0.15, 0.2) is 0 Å². The maximum Gasteiger partial charge on any atom is 0.327 e. The molecule has 0 bridgehead atoms. The van der Waals surface area contributed by atoms with Crippen LogP contribution in [-0.2, 0) is 11.3 Å². The Kier molecular flexibility index (Phi) is 3.65. The fourth-order valence-electron chi connectivity index (χ4n) is 2.07. The van der Waals surface area contributed by atoms with E-state index in [4.69, 9.17) is 0 Å². The largest absolute Gasteiger partial charge is 0.327 e. The van der Waals surface area contributed by atoms with Gasteiger partial charge in [0.2, 0.25) is 5.91 Å². The molecule has 1 saturated heterocycles. The maximum absolute atomic E-state index is 12.1. The van der Waals surface area contributed by atoms with Crippen molar-refractivity contribution in [1.82, 2.24) is 9.80 Å². The number of nitrogens with zero attached hydrogens (tertiary/aromatic N) is 2. The van der Waals surface area contributed by atoms with Gasteiger partial charge in [0.25, 0.3) is 0 Å². The van der Waals surface area contributed by atoms with Crippen LogP contribution in [-0.4, -0.2) is 34.8 Å². The van der Waals surface area contributed by atoms with E-state index in [1.54, 1.807) is 4.90 Å². The molecule has 4 heteroatoms. The molecule has 0 aliphatic carbocycles. The summed E-state index contributed by atoms with van der Waals surface area (Å²) < 4.78 is 0. The van der Waals surface area contributed by atoms with Crippen molar-refractivity contribution in [3.63, 3.8) is 0 Å². The van der Waals surface area contributed by atoms with Crippen molar-refractivity contribution >= 4 is 11.9 Å². The Balaban J connectivity index is 2.04. The Labute approximate surface area is 107 Å². The third kappa shape index (κ3) is 2.70. The fraction of sp³-hybridized carbons (Fsp3) is 0.429. The van der Waals surface area contributed by atoms with Gasteiger partial charge in [0.05, 0.1) is 0 Å². The van der Waals surface area contributed by atoms with Gasteiger partial charge in [-0.3, -0.25) is 9.69 Å². The molecule has 0 radical (unpaired) electrons. The van der Waals surface area contributed by atoms with E-state index in [0.29, 0.717) is 19.0 Å². The first kappa shape index (κ1) is 12.6. The second-order valence-corrected chi connectivity index (χ2v) is 5.02. The average Bonchev–Trinajstić information content (AvgIpc) is 2.58. The molecule has 0 saturated carbocycles. The minimum absolute atomic E-state index is 0.0929. The van der Waals surface area contributed by atoms with Crippen molar-refractivity contribution in [2.45, 2.75) is 20.4 Å². The van der Waals surface area contributed by atoms with Gasteiger partial charge in [-0.1, -0.05) is 44.2 Å². The molecule has 1 aromatic carbocycles. The van der Waals surface area contributed by atoms with E-state index in [-0.39, 0.29) is 18.5 Å². The summed E-state index contributed by atoms with van der Waals surface area (Å²) in [6, 6.07) is 9.56. The Morgan fingerprint density at radius 1 is 1.17 bits per heavy atom.